The molecule has 5 rings (SSSR count). The Bertz CT molecular complexity index is 1100. The number of carbonyl (C=O) groups is 2. The topological polar surface area (TPSA) is 53.5 Å². The normalized spacial score (nSPS) is 21.5. The maximum atomic E-state index is 13.4. The number of hydrogen-bond donors (Lipinski definition) is 0. The van der Waals surface area contributed by atoms with Gasteiger partial charge < -0.3 is 9.80 Å². The fourth-order valence-electron chi connectivity index (χ4n) is 4.11. The highest BCUT2D eigenvalue weighted by Gasteiger charge is 2.51. The Morgan fingerprint density at radius 2 is 2.11 bits per heavy atom. The van der Waals surface area contributed by atoms with Gasteiger partial charge in [-0.2, -0.15) is 0 Å². The summed E-state index contributed by atoms with van der Waals surface area (Å²) in [7, 11) is 0. The van der Waals surface area contributed by atoms with Gasteiger partial charge in [-0.1, -0.05) is 6.07 Å². The van der Waals surface area contributed by atoms with E-state index in [9.17, 15) is 14.0 Å². The zero-order valence-electron chi connectivity index (χ0n) is 14.6. The fourth-order valence-corrected chi connectivity index (χ4v) is 4.91. The highest BCUT2D eigenvalue weighted by atomic mass is 32.1. The van der Waals surface area contributed by atoms with Crippen LogP contribution in [0.4, 0.5) is 10.1 Å². The summed E-state index contributed by atoms with van der Waals surface area (Å²) in [5.74, 6) is -0.826. The smallest absolute Gasteiger partial charge is 0.254 e. The standard InChI is InChI=1S/C20H16FN3O2S/c1-11-22-16-8-14(5-6-18(16)27-11)24-15-9-17(20(24)26)23(10-15)19(25)12-3-2-4-13(21)7-12/h2-8,15,17H,9-10H2,1H3/t15-,17-/m0/s1. The lowest BCUT2D eigenvalue weighted by atomic mass is 10.1. The van der Waals surface area contributed by atoms with Gasteiger partial charge in [-0.05, 0) is 49.7 Å². The second kappa shape index (κ2) is 5.85. The molecule has 0 aliphatic carbocycles. The number of likely N-dealkylation sites (tertiary alicyclic amines) is 1. The monoisotopic (exact) mass is 381 g/mol. The van der Waals surface area contributed by atoms with E-state index in [1.807, 2.05) is 25.1 Å². The van der Waals surface area contributed by atoms with Crippen molar-refractivity contribution >= 4 is 39.1 Å². The van der Waals surface area contributed by atoms with Gasteiger partial charge in [0, 0.05) is 17.8 Å². The molecule has 1 aromatic heterocycles. The molecule has 2 aliphatic rings. The molecular weight excluding hydrogens is 365 g/mol. The minimum Gasteiger partial charge on any atom is -0.324 e. The number of carbonyl (C=O) groups excluding carboxylic acids is 2. The van der Waals surface area contributed by atoms with E-state index < -0.39 is 11.9 Å². The van der Waals surface area contributed by atoms with Crippen molar-refractivity contribution in [3.05, 3.63) is 58.9 Å². The first-order chi connectivity index (χ1) is 13.0. The maximum absolute atomic E-state index is 13.4. The number of nitrogens with zero attached hydrogens (tertiary/aromatic N) is 3. The number of fused-ring (bicyclic) bond motifs is 3. The second-order valence-corrected chi connectivity index (χ2v) is 8.20. The number of anilines is 1. The molecule has 0 spiro atoms. The molecule has 0 saturated carbocycles. The molecule has 136 valence electrons. The Hall–Kier alpha value is -2.80. The predicted octanol–water partition coefficient (Wildman–Crippen LogP) is 3.37. The van der Waals surface area contributed by atoms with Crippen molar-refractivity contribution in [2.24, 2.45) is 0 Å². The molecule has 7 heteroatoms. The van der Waals surface area contributed by atoms with Gasteiger partial charge in [-0.3, -0.25) is 9.59 Å². The summed E-state index contributed by atoms with van der Waals surface area (Å²) < 4.78 is 14.5. The molecule has 2 bridgehead atoms. The average Bonchev–Trinajstić information content (AvgIpc) is 3.31. The zero-order chi connectivity index (χ0) is 18.7. The van der Waals surface area contributed by atoms with Gasteiger partial charge in [0.05, 0.1) is 21.3 Å². The summed E-state index contributed by atoms with van der Waals surface area (Å²) in [5.41, 5.74) is 1.99. The molecule has 0 N–H and O–H groups in total. The first-order valence-electron chi connectivity index (χ1n) is 8.78. The van der Waals surface area contributed by atoms with Crippen molar-refractivity contribution in [1.82, 2.24) is 9.88 Å². The van der Waals surface area contributed by atoms with Crippen LogP contribution in [0.1, 0.15) is 21.8 Å². The van der Waals surface area contributed by atoms with Crippen molar-refractivity contribution in [3.8, 4) is 0 Å². The van der Waals surface area contributed by atoms with E-state index in [0.717, 1.165) is 20.9 Å². The predicted molar refractivity (Wildman–Crippen MR) is 101 cm³/mol. The van der Waals surface area contributed by atoms with Crippen LogP contribution in [0.15, 0.2) is 42.5 Å². The zero-order valence-corrected chi connectivity index (χ0v) is 15.4. The summed E-state index contributed by atoms with van der Waals surface area (Å²) >= 11 is 1.62. The number of amides is 2. The van der Waals surface area contributed by atoms with E-state index in [1.165, 1.54) is 18.2 Å². The SMILES string of the molecule is Cc1nc2cc(N3C(=O)[C@@H]4C[C@H]3CN4C(=O)c3cccc(F)c3)ccc2s1. The lowest BCUT2D eigenvalue weighted by Crippen LogP contribution is -2.52. The Balaban J connectivity index is 1.42. The maximum Gasteiger partial charge on any atom is 0.254 e. The van der Waals surface area contributed by atoms with Gasteiger partial charge in [-0.25, -0.2) is 9.37 Å². The highest BCUT2D eigenvalue weighted by Crippen LogP contribution is 2.38. The third kappa shape index (κ3) is 2.53. The van der Waals surface area contributed by atoms with E-state index in [0.29, 0.717) is 13.0 Å². The van der Waals surface area contributed by atoms with E-state index in [-0.39, 0.29) is 23.4 Å². The molecule has 2 aliphatic heterocycles. The van der Waals surface area contributed by atoms with Crippen LogP contribution < -0.4 is 4.90 Å². The highest BCUT2D eigenvalue weighted by molar-refractivity contribution is 7.18. The Labute approximate surface area is 159 Å². The van der Waals surface area contributed by atoms with Crippen molar-refractivity contribution < 1.29 is 14.0 Å². The van der Waals surface area contributed by atoms with E-state index in [1.54, 1.807) is 27.2 Å². The molecule has 2 fully saturated rings. The molecule has 3 aromatic rings. The number of hydrogen-bond acceptors (Lipinski definition) is 4. The van der Waals surface area contributed by atoms with Gasteiger partial charge in [0.15, 0.2) is 0 Å². The molecule has 3 heterocycles. The second-order valence-electron chi connectivity index (χ2n) is 6.97. The van der Waals surface area contributed by atoms with Crippen LogP contribution >= 0.6 is 11.3 Å². The van der Waals surface area contributed by atoms with Gasteiger partial charge >= 0.3 is 0 Å². The van der Waals surface area contributed by atoms with Crippen molar-refractivity contribution in [3.63, 3.8) is 0 Å². The quantitative estimate of drug-likeness (QED) is 0.684. The van der Waals surface area contributed by atoms with Gasteiger partial charge in [0.2, 0.25) is 5.91 Å². The molecule has 27 heavy (non-hydrogen) atoms. The average molecular weight is 381 g/mol. The van der Waals surface area contributed by atoms with Crippen molar-refractivity contribution in [2.75, 3.05) is 11.4 Å². The summed E-state index contributed by atoms with van der Waals surface area (Å²) in [5, 5.41) is 0.989. The summed E-state index contributed by atoms with van der Waals surface area (Å²) in [6.45, 7) is 2.42. The Morgan fingerprint density at radius 1 is 1.26 bits per heavy atom. The van der Waals surface area contributed by atoms with E-state index in [2.05, 4.69) is 4.98 Å². The van der Waals surface area contributed by atoms with Crippen LogP contribution in [-0.2, 0) is 4.79 Å². The van der Waals surface area contributed by atoms with Crippen LogP contribution in [0.5, 0.6) is 0 Å². The first-order valence-corrected chi connectivity index (χ1v) is 9.60. The lowest BCUT2D eigenvalue weighted by molar-refractivity contribution is -0.121. The number of thiazole rings is 1. The number of rotatable bonds is 2. The van der Waals surface area contributed by atoms with Gasteiger partial charge in [0.25, 0.3) is 5.91 Å². The van der Waals surface area contributed by atoms with Crippen LogP contribution in [0.2, 0.25) is 0 Å². The molecule has 2 aromatic carbocycles. The van der Waals surface area contributed by atoms with Gasteiger partial charge in [-0.15, -0.1) is 11.3 Å². The molecule has 2 amide bonds. The Kier molecular flexibility index (Phi) is 3.55. The van der Waals surface area contributed by atoms with Crippen molar-refractivity contribution in [1.29, 1.82) is 0 Å². The third-order valence-electron chi connectivity index (χ3n) is 5.26. The third-order valence-corrected chi connectivity index (χ3v) is 6.21. The number of benzene rings is 2. The van der Waals surface area contributed by atoms with Crippen LogP contribution in [-0.4, -0.2) is 40.3 Å². The minimum atomic E-state index is -0.487. The van der Waals surface area contributed by atoms with Crippen LogP contribution in [0.25, 0.3) is 10.2 Å². The fraction of sp³-hybridized carbons (Fsp3) is 0.250. The minimum absolute atomic E-state index is 0.0582. The van der Waals surface area contributed by atoms with Crippen molar-refractivity contribution in [2.45, 2.75) is 25.4 Å². The molecule has 0 unspecified atom stereocenters. The summed E-state index contributed by atoms with van der Waals surface area (Å²) in [6.07, 6.45) is 0.605. The molecule has 0 radical (unpaired) electrons. The first kappa shape index (κ1) is 16.4. The Morgan fingerprint density at radius 3 is 2.89 bits per heavy atom. The summed E-state index contributed by atoms with van der Waals surface area (Å²) in [4.78, 5) is 33.6. The molecular formula is C20H16FN3O2S. The molecule has 5 nitrogen and oxygen atoms in total. The number of aromatic nitrogens is 1. The van der Waals surface area contributed by atoms with E-state index in [4.69, 9.17) is 0 Å². The summed E-state index contributed by atoms with van der Waals surface area (Å²) in [6, 6.07) is 10.9. The molecule has 2 atom stereocenters. The van der Waals surface area contributed by atoms with Crippen LogP contribution in [0.3, 0.4) is 0 Å². The van der Waals surface area contributed by atoms with E-state index >= 15 is 0 Å². The number of aryl methyl sites for hydroxylation is 1. The molecule has 2 saturated heterocycles. The lowest BCUT2D eigenvalue weighted by Gasteiger charge is -2.34. The number of piperazine rings is 1. The largest absolute Gasteiger partial charge is 0.324 e. The van der Waals surface area contributed by atoms with Crippen LogP contribution in [0, 0.1) is 12.7 Å². The number of halogens is 1. The van der Waals surface area contributed by atoms with Gasteiger partial charge in [0.1, 0.15) is 11.9 Å².